The summed E-state index contributed by atoms with van der Waals surface area (Å²) in [5.41, 5.74) is 1.56. The number of para-hydroxylation sites is 1. The van der Waals surface area contributed by atoms with Gasteiger partial charge in [-0.15, -0.1) is 0 Å². The molecule has 1 heteroatoms. The zero-order valence-corrected chi connectivity index (χ0v) is 10.2. The molecular weight excluding hydrogens is 194 g/mol. The third-order valence-corrected chi connectivity index (χ3v) is 4.15. The molecule has 1 nitrogen and oxygen atoms in total. The van der Waals surface area contributed by atoms with Crippen LogP contribution in [0.25, 0.3) is 6.08 Å². The minimum absolute atomic E-state index is 0.686. The summed E-state index contributed by atoms with van der Waals surface area (Å²) in [7, 11) is 0. The summed E-state index contributed by atoms with van der Waals surface area (Å²) in [6.45, 7) is 5.93. The van der Waals surface area contributed by atoms with Crippen molar-refractivity contribution in [3.8, 4) is 0 Å². The number of nitrogens with zero attached hydrogens (tertiary/aromatic N) is 1. The van der Waals surface area contributed by atoms with Gasteiger partial charge in [-0.3, -0.25) is 0 Å². The SMILES string of the molecule is CC[C@H]1[C@H](C)C=c2cccc3c2=[N+]1CCC3. The van der Waals surface area contributed by atoms with E-state index in [0.29, 0.717) is 12.0 Å². The molecule has 0 saturated carbocycles. The van der Waals surface area contributed by atoms with E-state index in [1.807, 2.05) is 0 Å². The summed E-state index contributed by atoms with van der Waals surface area (Å²) in [4.78, 5) is 0. The highest BCUT2D eigenvalue weighted by molar-refractivity contribution is 5.34. The van der Waals surface area contributed by atoms with E-state index < -0.39 is 0 Å². The number of benzene rings is 1. The first kappa shape index (κ1) is 10.1. The standard InChI is InChI=1S/C15H20N/c1-3-14-11(2)10-13-7-4-6-12-8-5-9-16(14)15(12)13/h4,6-7,10-11,14H,3,5,8-9H2,1-2H3/q+1/t11-,14+/m1/s1. The van der Waals surface area contributed by atoms with Crippen LogP contribution in [-0.4, -0.2) is 12.6 Å². The molecule has 0 fully saturated rings. The zero-order chi connectivity index (χ0) is 11.1. The molecule has 1 aromatic rings. The molecule has 0 spiro atoms. The fraction of sp³-hybridized carbons (Fsp3) is 0.533. The van der Waals surface area contributed by atoms with Crippen LogP contribution in [0, 0.1) is 5.92 Å². The largest absolute Gasteiger partial charge is 0.226 e. The molecule has 0 saturated heterocycles. The minimum Gasteiger partial charge on any atom is -0.226 e. The van der Waals surface area contributed by atoms with Gasteiger partial charge in [0.15, 0.2) is 6.04 Å². The molecule has 0 unspecified atom stereocenters. The Morgan fingerprint density at radius 3 is 3.06 bits per heavy atom. The van der Waals surface area contributed by atoms with Gasteiger partial charge in [0.2, 0.25) is 5.36 Å². The van der Waals surface area contributed by atoms with Crippen LogP contribution in [0.15, 0.2) is 18.2 Å². The summed E-state index contributed by atoms with van der Waals surface area (Å²) < 4.78 is 2.67. The molecule has 16 heavy (non-hydrogen) atoms. The normalized spacial score (nSPS) is 27.2. The van der Waals surface area contributed by atoms with Crippen molar-refractivity contribution < 1.29 is 0 Å². The molecule has 2 heterocycles. The van der Waals surface area contributed by atoms with Gasteiger partial charge in [-0.2, -0.15) is 0 Å². The molecule has 0 aliphatic carbocycles. The third kappa shape index (κ3) is 1.34. The Kier molecular flexibility index (Phi) is 2.34. The van der Waals surface area contributed by atoms with Crippen LogP contribution in [0.2, 0.25) is 0 Å². The molecule has 0 radical (unpaired) electrons. The zero-order valence-electron chi connectivity index (χ0n) is 10.2. The number of aryl methyl sites for hydroxylation is 1. The van der Waals surface area contributed by atoms with E-state index in [9.17, 15) is 0 Å². The fourth-order valence-corrected chi connectivity index (χ4v) is 3.45. The van der Waals surface area contributed by atoms with Crippen LogP contribution in [0.3, 0.4) is 0 Å². The molecule has 84 valence electrons. The van der Waals surface area contributed by atoms with Gasteiger partial charge in [-0.1, -0.05) is 32.1 Å². The van der Waals surface area contributed by atoms with E-state index in [4.69, 9.17) is 0 Å². The maximum atomic E-state index is 2.67. The third-order valence-electron chi connectivity index (χ3n) is 4.15. The first-order valence-electron chi connectivity index (χ1n) is 6.54. The summed E-state index contributed by atoms with van der Waals surface area (Å²) >= 11 is 0. The smallest absolute Gasteiger partial charge is 0.210 e. The van der Waals surface area contributed by atoms with E-state index in [1.54, 1.807) is 10.9 Å². The molecule has 2 aliphatic heterocycles. The molecule has 1 aromatic carbocycles. The summed E-state index contributed by atoms with van der Waals surface area (Å²) in [6, 6.07) is 7.52. The van der Waals surface area contributed by atoms with Crippen molar-refractivity contribution in [2.45, 2.75) is 39.2 Å². The lowest BCUT2D eigenvalue weighted by atomic mass is 9.91. The topological polar surface area (TPSA) is 3.01 Å². The Hall–Kier alpha value is -1.11. The summed E-state index contributed by atoms with van der Waals surface area (Å²) in [5, 5.41) is 3.01. The second kappa shape index (κ2) is 3.73. The molecule has 0 aromatic heterocycles. The van der Waals surface area contributed by atoms with E-state index in [2.05, 4.69) is 42.7 Å². The van der Waals surface area contributed by atoms with Crippen molar-refractivity contribution in [3.63, 3.8) is 0 Å². The van der Waals surface area contributed by atoms with Gasteiger partial charge in [0.1, 0.15) is 6.54 Å². The quantitative estimate of drug-likeness (QED) is 0.621. The highest BCUT2D eigenvalue weighted by Crippen LogP contribution is 2.15. The fourth-order valence-electron chi connectivity index (χ4n) is 3.45. The van der Waals surface area contributed by atoms with E-state index in [1.165, 1.54) is 31.0 Å². The average molecular weight is 214 g/mol. The average Bonchev–Trinajstić information content (AvgIpc) is 2.30. The second-order valence-electron chi connectivity index (χ2n) is 5.15. The molecule has 2 aliphatic rings. The molecule has 0 amide bonds. The van der Waals surface area contributed by atoms with Gasteiger partial charge >= 0.3 is 0 Å². The van der Waals surface area contributed by atoms with Crippen LogP contribution in [-0.2, 0) is 6.42 Å². The number of hydrogen-bond donors (Lipinski definition) is 0. The predicted molar refractivity (Wildman–Crippen MR) is 67.8 cm³/mol. The second-order valence-corrected chi connectivity index (χ2v) is 5.15. The van der Waals surface area contributed by atoms with Crippen LogP contribution in [0.4, 0.5) is 0 Å². The lowest BCUT2D eigenvalue weighted by Gasteiger charge is -2.25. The Morgan fingerprint density at radius 2 is 2.25 bits per heavy atom. The lowest BCUT2D eigenvalue weighted by Crippen LogP contribution is -2.55. The van der Waals surface area contributed by atoms with Gasteiger partial charge < -0.3 is 0 Å². The van der Waals surface area contributed by atoms with Gasteiger partial charge in [0.05, 0.1) is 0 Å². The van der Waals surface area contributed by atoms with Crippen LogP contribution in [0.5, 0.6) is 0 Å². The number of hydrogen-bond acceptors (Lipinski definition) is 0. The van der Waals surface area contributed by atoms with E-state index >= 15 is 0 Å². The highest BCUT2D eigenvalue weighted by atomic mass is 15.1. The Bertz CT molecular complexity index is 527. The van der Waals surface area contributed by atoms with Crippen molar-refractivity contribution in [3.05, 3.63) is 34.3 Å². The van der Waals surface area contributed by atoms with Crippen LogP contribution >= 0.6 is 0 Å². The first-order valence-corrected chi connectivity index (χ1v) is 6.54. The van der Waals surface area contributed by atoms with Crippen LogP contribution in [0.1, 0.15) is 32.3 Å². The lowest BCUT2D eigenvalue weighted by molar-refractivity contribution is 0.344. The Balaban J connectivity index is 2.37. The van der Waals surface area contributed by atoms with Gasteiger partial charge in [0, 0.05) is 29.5 Å². The molecular formula is C15H20N+. The van der Waals surface area contributed by atoms with Crippen molar-refractivity contribution in [1.29, 1.82) is 0 Å². The van der Waals surface area contributed by atoms with Crippen LogP contribution < -0.4 is 15.2 Å². The van der Waals surface area contributed by atoms with E-state index in [-0.39, 0.29) is 0 Å². The van der Waals surface area contributed by atoms with Gasteiger partial charge in [0.25, 0.3) is 0 Å². The predicted octanol–water partition coefficient (Wildman–Crippen LogP) is 1.33. The molecule has 2 atom stereocenters. The monoisotopic (exact) mass is 214 g/mol. The molecule has 0 N–H and O–H groups in total. The van der Waals surface area contributed by atoms with Crippen molar-refractivity contribution in [2.75, 3.05) is 6.54 Å². The molecule has 3 rings (SSSR count). The maximum Gasteiger partial charge on any atom is 0.210 e. The van der Waals surface area contributed by atoms with Crippen molar-refractivity contribution >= 4 is 6.08 Å². The van der Waals surface area contributed by atoms with E-state index in [0.717, 1.165) is 0 Å². The highest BCUT2D eigenvalue weighted by Gasteiger charge is 2.31. The summed E-state index contributed by atoms with van der Waals surface area (Å²) in [6.07, 6.45) is 6.30. The first-order chi connectivity index (χ1) is 7.81. The molecule has 0 bridgehead atoms. The van der Waals surface area contributed by atoms with Crippen molar-refractivity contribution in [1.82, 2.24) is 4.58 Å². The Labute approximate surface area is 97.1 Å². The van der Waals surface area contributed by atoms with Crippen molar-refractivity contribution in [2.24, 2.45) is 5.92 Å². The number of rotatable bonds is 1. The maximum absolute atomic E-state index is 2.67. The minimum atomic E-state index is 0.686. The van der Waals surface area contributed by atoms with Gasteiger partial charge in [-0.05, 0) is 12.5 Å². The summed E-state index contributed by atoms with van der Waals surface area (Å²) in [5.74, 6) is 0.686. The van der Waals surface area contributed by atoms with Gasteiger partial charge in [-0.25, -0.2) is 4.58 Å². The Morgan fingerprint density at radius 1 is 1.38 bits per heavy atom.